The molecule has 1 amide bonds. The highest BCUT2D eigenvalue weighted by atomic mass is 35.5. The standard InChI is InChI=1S/C18H23N3O2S.2ClH/c1-19-9-14-5-4-8-21(10-14)18(22)16-6-2-3-7-17(16)23-11-15-12-24-13-20-15;;/h2-3,6-7,12-14,19H,4-5,8-11H2,1H3;2*1H. The van der Waals surface area contributed by atoms with Crippen LogP contribution in [-0.4, -0.2) is 42.5 Å². The third-order valence-electron chi connectivity index (χ3n) is 4.28. The Morgan fingerprint density at radius 3 is 2.92 bits per heavy atom. The van der Waals surface area contributed by atoms with Crippen LogP contribution in [0.1, 0.15) is 28.9 Å². The Kier molecular flexibility index (Phi) is 9.94. The van der Waals surface area contributed by atoms with Crippen LogP contribution < -0.4 is 10.1 Å². The molecule has 1 N–H and O–H groups in total. The summed E-state index contributed by atoms with van der Waals surface area (Å²) < 4.78 is 5.85. The van der Waals surface area contributed by atoms with E-state index in [0.717, 1.165) is 31.7 Å². The van der Waals surface area contributed by atoms with Crippen LogP contribution >= 0.6 is 36.2 Å². The molecule has 1 aromatic heterocycles. The van der Waals surface area contributed by atoms with E-state index in [1.807, 2.05) is 41.6 Å². The molecule has 1 fully saturated rings. The topological polar surface area (TPSA) is 54.5 Å². The first-order valence-corrected chi connectivity index (χ1v) is 9.25. The number of halogens is 2. The third-order valence-corrected chi connectivity index (χ3v) is 4.91. The minimum Gasteiger partial charge on any atom is -0.486 e. The molecule has 1 aromatic carbocycles. The number of carbonyl (C=O) groups is 1. The van der Waals surface area contributed by atoms with Crippen molar-refractivity contribution in [2.45, 2.75) is 19.4 Å². The van der Waals surface area contributed by atoms with Crippen LogP contribution in [0.4, 0.5) is 0 Å². The Morgan fingerprint density at radius 1 is 1.38 bits per heavy atom. The van der Waals surface area contributed by atoms with Gasteiger partial charge in [-0.1, -0.05) is 12.1 Å². The van der Waals surface area contributed by atoms with Gasteiger partial charge >= 0.3 is 0 Å². The van der Waals surface area contributed by atoms with Crippen LogP contribution in [0.25, 0.3) is 0 Å². The van der Waals surface area contributed by atoms with E-state index in [2.05, 4.69) is 10.3 Å². The summed E-state index contributed by atoms with van der Waals surface area (Å²) >= 11 is 1.54. The summed E-state index contributed by atoms with van der Waals surface area (Å²) in [6.45, 7) is 2.96. The lowest BCUT2D eigenvalue weighted by molar-refractivity contribution is 0.0669. The molecule has 26 heavy (non-hydrogen) atoms. The first-order valence-electron chi connectivity index (χ1n) is 8.30. The largest absolute Gasteiger partial charge is 0.486 e. The summed E-state index contributed by atoms with van der Waals surface area (Å²) in [4.78, 5) is 19.1. The molecule has 1 atom stereocenters. The lowest BCUT2D eigenvalue weighted by Gasteiger charge is -2.33. The van der Waals surface area contributed by atoms with E-state index in [0.29, 0.717) is 23.8 Å². The van der Waals surface area contributed by atoms with Gasteiger partial charge in [0.15, 0.2) is 0 Å². The number of hydrogen-bond acceptors (Lipinski definition) is 5. The Hall–Kier alpha value is -1.34. The van der Waals surface area contributed by atoms with E-state index >= 15 is 0 Å². The molecule has 0 saturated carbocycles. The Bertz CT molecular complexity index is 668. The fraction of sp³-hybridized carbons (Fsp3) is 0.444. The number of benzene rings is 1. The molecular formula is C18H25Cl2N3O2S. The molecule has 1 aliphatic heterocycles. The van der Waals surface area contributed by atoms with E-state index in [1.165, 1.54) is 6.42 Å². The number of aromatic nitrogens is 1. The molecule has 144 valence electrons. The summed E-state index contributed by atoms with van der Waals surface area (Å²) in [5, 5.41) is 5.17. The second-order valence-corrected chi connectivity index (χ2v) is 6.80. The van der Waals surface area contributed by atoms with E-state index in [-0.39, 0.29) is 30.7 Å². The van der Waals surface area contributed by atoms with Crippen molar-refractivity contribution in [1.29, 1.82) is 0 Å². The number of nitrogens with one attached hydrogen (secondary N) is 1. The number of hydrogen-bond donors (Lipinski definition) is 1. The zero-order valence-corrected chi connectivity index (χ0v) is 17.2. The van der Waals surface area contributed by atoms with Crippen molar-refractivity contribution in [1.82, 2.24) is 15.2 Å². The predicted octanol–water partition coefficient (Wildman–Crippen LogP) is 3.64. The molecule has 2 heterocycles. The second-order valence-electron chi connectivity index (χ2n) is 6.08. The van der Waals surface area contributed by atoms with Crippen molar-refractivity contribution < 1.29 is 9.53 Å². The lowest BCUT2D eigenvalue weighted by atomic mass is 9.97. The van der Waals surface area contributed by atoms with Gasteiger partial charge in [0.25, 0.3) is 5.91 Å². The number of nitrogens with zero attached hydrogens (tertiary/aromatic N) is 2. The highest BCUT2D eigenvalue weighted by Crippen LogP contribution is 2.24. The van der Waals surface area contributed by atoms with E-state index < -0.39 is 0 Å². The maximum atomic E-state index is 12.9. The molecule has 1 unspecified atom stereocenters. The van der Waals surface area contributed by atoms with Gasteiger partial charge in [0.2, 0.25) is 0 Å². The zero-order chi connectivity index (χ0) is 16.8. The molecule has 8 heteroatoms. The van der Waals surface area contributed by atoms with Crippen molar-refractivity contribution in [3.05, 3.63) is 46.4 Å². The number of ether oxygens (including phenoxy) is 1. The summed E-state index contributed by atoms with van der Waals surface area (Å²) in [5.41, 5.74) is 3.30. The molecule has 1 saturated heterocycles. The smallest absolute Gasteiger partial charge is 0.257 e. The maximum Gasteiger partial charge on any atom is 0.257 e. The molecule has 0 spiro atoms. The first-order chi connectivity index (χ1) is 11.8. The Labute approximate surface area is 171 Å². The number of rotatable bonds is 6. The van der Waals surface area contributed by atoms with Crippen molar-refractivity contribution in [3.8, 4) is 5.75 Å². The number of thiazole rings is 1. The van der Waals surface area contributed by atoms with E-state index in [4.69, 9.17) is 4.74 Å². The van der Waals surface area contributed by atoms with Gasteiger partial charge in [0, 0.05) is 18.5 Å². The van der Waals surface area contributed by atoms with Crippen LogP contribution in [0.5, 0.6) is 5.75 Å². The first kappa shape index (κ1) is 22.7. The molecule has 3 rings (SSSR count). The van der Waals surface area contributed by atoms with Gasteiger partial charge in [0.1, 0.15) is 12.4 Å². The maximum absolute atomic E-state index is 12.9. The number of piperidine rings is 1. The van der Waals surface area contributed by atoms with Crippen molar-refractivity contribution in [3.63, 3.8) is 0 Å². The normalized spacial score (nSPS) is 16.3. The van der Waals surface area contributed by atoms with Crippen LogP contribution in [0.15, 0.2) is 35.2 Å². The number of carbonyl (C=O) groups excluding carboxylic acids is 1. The molecule has 0 bridgehead atoms. The molecule has 5 nitrogen and oxygen atoms in total. The summed E-state index contributed by atoms with van der Waals surface area (Å²) in [7, 11) is 1.96. The second kappa shape index (κ2) is 11.4. The van der Waals surface area contributed by atoms with Crippen LogP contribution in [0, 0.1) is 5.92 Å². The number of amides is 1. The van der Waals surface area contributed by atoms with Gasteiger partial charge in [-0.05, 0) is 44.5 Å². The molecule has 2 aromatic rings. The van der Waals surface area contributed by atoms with Gasteiger partial charge in [0.05, 0.1) is 16.8 Å². The molecule has 0 aliphatic carbocycles. The lowest BCUT2D eigenvalue weighted by Crippen LogP contribution is -2.42. The monoisotopic (exact) mass is 417 g/mol. The third kappa shape index (κ3) is 5.84. The molecular weight excluding hydrogens is 393 g/mol. The van der Waals surface area contributed by atoms with Gasteiger partial charge in [-0.25, -0.2) is 4.98 Å². The van der Waals surface area contributed by atoms with E-state index in [1.54, 1.807) is 16.8 Å². The van der Waals surface area contributed by atoms with Crippen LogP contribution in [0.3, 0.4) is 0 Å². The van der Waals surface area contributed by atoms with Crippen molar-refractivity contribution in [2.75, 3.05) is 26.7 Å². The fourth-order valence-electron chi connectivity index (χ4n) is 3.10. The quantitative estimate of drug-likeness (QED) is 0.779. The fourth-order valence-corrected chi connectivity index (χ4v) is 3.65. The summed E-state index contributed by atoms with van der Waals surface area (Å²) in [5.74, 6) is 1.21. The SMILES string of the molecule is CNCC1CCCN(C(=O)c2ccccc2OCc2cscn2)C1.Cl.Cl. The predicted molar refractivity (Wildman–Crippen MR) is 110 cm³/mol. The Morgan fingerprint density at radius 2 is 2.19 bits per heavy atom. The van der Waals surface area contributed by atoms with Crippen molar-refractivity contribution >= 4 is 42.1 Å². The van der Waals surface area contributed by atoms with Crippen molar-refractivity contribution in [2.24, 2.45) is 5.92 Å². The minimum atomic E-state index is 0. The average Bonchev–Trinajstić information content (AvgIpc) is 3.14. The van der Waals surface area contributed by atoms with E-state index in [9.17, 15) is 4.79 Å². The molecule has 0 radical (unpaired) electrons. The highest BCUT2D eigenvalue weighted by molar-refractivity contribution is 7.07. The van der Waals surface area contributed by atoms with Crippen LogP contribution in [0.2, 0.25) is 0 Å². The number of likely N-dealkylation sites (tertiary alicyclic amines) is 1. The summed E-state index contributed by atoms with van der Waals surface area (Å²) in [6, 6.07) is 7.49. The Balaban J connectivity index is 0.00000169. The number of para-hydroxylation sites is 1. The zero-order valence-electron chi connectivity index (χ0n) is 14.7. The van der Waals surface area contributed by atoms with Gasteiger partial charge in [-0.2, -0.15) is 0 Å². The van der Waals surface area contributed by atoms with Gasteiger partial charge < -0.3 is 15.0 Å². The highest BCUT2D eigenvalue weighted by Gasteiger charge is 2.25. The average molecular weight is 418 g/mol. The summed E-state index contributed by atoms with van der Waals surface area (Å²) in [6.07, 6.45) is 2.23. The molecule has 1 aliphatic rings. The van der Waals surface area contributed by atoms with Gasteiger partial charge in [-0.3, -0.25) is 4.79 Å². The van der Waals surface area contributed by atoms with Gasteiger partial charge in [-0.15, -0.1) is 36.2 Å². The van der Waals surface area contributed by atoms with Crippen LogP contribution in [-0.2, 0) is 6.61 Å². The minimum absolute atomic E-state index is 0.